The minimum Gasteiger partial charge on any atom is -0.390 e. The van der Waals surface area contributed by atoms with Crippen LogP contribution in [-0.4, -0.2) is 42.0 Å². The molecule has 27 heavy (non-hydrogen) atoms. The first kappa shape index (κ1) is 17.2. The lowest BCUT2D eigenvalue weighted by Gasteiger charge is -2.58. The van der Waals surface area contributed by atoms with E-state index in [0.717, 1.165) is 19.3 Å². The molecule has 0 spiro atoms. The summed E-state index contributed by atoms with van der Waals surface area (Å²) < 4.78 is 0. The average Bonchev–Trinajstić information content (AvgIpc) is 3.04. The van der Waals surface area contributed by atoms with Gasteiger partial charge in [0.1, 0.15) is 11.0 Å². The van der Waals surface area contributed by atoms with Crippen LogP contribution in [0.5, 0.6) is 0 Å². The van der Waals surface area contributed by atoms with Crippen LogP contribution in [0.15, 0.2) is 12.1 Å². The van der Waals surface area contributed by atoms with Gasteiger partial charge in [0.25, 0.3) is 0 Å². The number of aromatic amines is 1. The van der Waals surface area contributed by atoms with E-state index < -0.39 is 5.60 Å². The van der Waals surface area contributed by atoms with Gasteiger partial charge in [-0.2, -0.15) is 10.1 Å². The second-order valence-electron chi connectivity index (χ2n) is 8.33. The average molecular weight is 391 g/mol. The highest BCUT2D eigenvalue weighted by Gasteiger charge is 2.54. The molecule has 4 bridgehead atoms. The van der Waals surface area contributed by atoms with Crippen LogP contribution in [0.3, 0.4) is 0 Å². The Hall–Kier alpha value is -1.90. The Labute approximate surface area is 161 Å². The fraction of sp³-hybridized carbons (Fsp3) is 0.611. The summed E-state index contributed by atoms with van der Waals surface area (Å²) in [6, 6.07) is 3.63. The molecule has 6 rings (SSSR count). The molecule has 0 amide bonds. The molecule has 0 radical (unpaired) electrons. The SMILES string of the molecule is OCc1cc(Nc2cc(Cl)nc(NC3C4CC5CC3CC(O)(C5)C4)n2)n[nH]1. The summed E-state index contributed by atoms with van der Waals surface area (Å²) >= 11 is 6.20. The van der Waals surface area contributed by atoms with Gasteiger partial charge in [0.05, 0.1) is 17.9 Å². The van der Waals surface area contributed by atoms with Gasteiger partial charge in [0.15, 0.2) is 5.82 Å². The number of anilines is 3. The predicted molar refractivity (Wildman–Crippen MR) is 101 cm³/mol. The van der Waals surface area contributed by atoms with E-state index in [2.05, 4.69) is 30.8 Å². The fourth-order valence-electron chi connectivity index (χ4n) is 5.55. The van der Waals surface area contributed by atoms with Crippen molar-refractivity contribution in [2.24, 2.45) is 17.8 Å². The van der Waals surface area contributed by atoms with Crippen LogP contribution in [0.25, 0.3) is 0 Å². The molecular weight excluding hydrogens is 368 g/mol. The van der Waals surface area contributed by atoms with E-state index in [9.17, 15) is 5.11 Å². The van der Waals surface area contributed by atoms with Crippen molar-refractivity contribution in [2.75, 3.05) is 10.6 Å². The molecule has 0 aliphatic heterocycles. The van der Waals surface area contributed by atoms with Crippen molar-refractivity contribution < 1.29 is 10.2 Å². The summed E-state index contributed by atoms with van der Waals surface area (Å²) in [7, 11) is 0. The van der Waals surface area contributed by atoms with Crippen LogP contribution in [0, 0.1) is 17.8 Å². The van der Waals surface area contributed by atoms with Crippen LogP contribution < -0.4 is 10.6 Å². The van der Waals surface area contributed by atoms with Crippen molar-refractivity contribution in [3.8, 4) is 0 Å². The van der Waals surface area contributed by atoms with Gasteiger partial charge < -0.3 is 20.8 Å². The van der Waals surface area contributed by atoms with Crippen molar-refractivity contribution in [1.82, 2.24) is 20.2 Å². The molecule has 5 N–H and O–H groups in total. The molecule has 2 atom stereocenters. The lowest BCUT2D eigenvalue weighted by atomic mass is 9.52. The Bertz CT molecular complexity index is 842. The standard InChI is InChI=1S/C18H23ClN6O2/c19-13-4-14(21-15-3-12(8-26)24-25-15)22-17(20-13)23-16-10-1-9-2-11(16)7-18(27,5-9)6-10/h3-4,9-11,16,26-27H,1-2,5-8H2,(H3,20,21,22,23,24,25). The van der Waals surface area contributed by atoms with Crippen LogP contribution in [0.4, 0.5) is 17.6 Å². The maximum Gasteiger partial charge on any atom is 0.226 e. The number of halogens is 1. The lowest BCUT2D eigenvalue weighted by molar-refractivity contribution is -0.129. The van der Waals surface area contributed by atoms with E-state index in [4.69, 9.17) is 16.7 Å². The highest BCUT2D eigenvalue weighted by Crippen LogP contribution is 2.56. The molecule has 4 saturated carbocycles. The zero-order valence-electron chi connectivity index (χ0n) is 14.8. The largest absolute Gasteiger partial charge is 0.390 e. The summed E-state index contributed by atoms with van der Waals surface area (Å²) in [5, 5.41) is 33.6. The first-order chi connectivity index (χ1) is 13.0. The third-order valence-corrected chi connectivity index (χ3v) is 6.48. The van der Waals surface area contributed by atoms with Crippen molar-refractivity contribution in [3.63, 3.8) is 0 Å². The topological polar surface area (TPSA) is 119 Å². The monoisotopic (exact) mass is 390 g/mol. The number of aliphatic hydroxyl groups is 2. The van der Waals surface area contributed by atoms with Crippen molar-refractivity contribution in [2.45, 2.75) is 50.4 Å². The molecule has 4 aliphatic carbocycles. The number of nitrogens with zero attached hydrogens (tertiary/aromatic N) is 3. The van der Waals surface area contributed by atoms with Crippen molar-refractivity contribution in [1.29, 1.82) is 0 Å². The molecule has 9 heteroatoms. The number of hydrogen-bond donors (Lipinski definition) is 5. The zero-order valence-corrected chi connectivity index (χ0v) is 15.6. The summed E-state index contributed by atoms with van der Waals surface area (Å²) in [5.41, 5.74) is 0.156. The highest BCUT2D eigenvalue weighted by atomic mass is 35.5. The van der Waals surface area contributed by atoms with Gasteiger partial charge in [-0.1, -0.05) is 11.6 Å². The minimum atomic E-state index is -0.457. The number of hydrogen-bond acceptors (Lipinski definition) is 7. The second kappa shape index (κ2) is 6.32. The third-order valence-electron chi connectivity index (χ3n) is 6.29. The number of rotatable bonds is 5. The summed E-state index contributed by atoms with van der Waals surface area (Å²) in [6.45, 7) is -0.107. The quantitative estimate of drug-likeness (QED) is 0.497. The van der Waals surface area contributed by atoms with E-state index in [1.165, 1.54) is 12.8 Å². The van der Waals surface area contributed by atoms with Gasteiger partial charge in [0, 0.05) is 18.2 Å². The van der Waals surface area contributed by atoms with E-state index in [1.807, 2.05) is 0 Å². The molecule has 2 unspecified atom stereocenters. The van der Waals surface area contributed by atoms with Crippen LogP contribution in [-0.2, 0) is 6.61 Å². The van der Waals surface area contributed by atoms with Gasteiger partial charge in [0.2, 0.25) is 5.95 Å². The Morgan fingerprint density at radius 3 is 2.59 bits per heavy atom. The van der Waals surface area contributed by atoms with E-state index >= 15 is 0 Å². The molecule has 2 aromatic heterocycles. The molecule has 144 valence electrons. The summed E-state index contributed by atoms with van der Waals surface area (Å²) in [6.07, 6.45) is 5.02. The molecule has 4 fully saturated rings. The summed E-state index contributed by atoms with van der Waals surface area (Å²) in [5.74, 6) is 3.15. The van der Waals surface area contributed by atoms with E-state index in [0.29, 0.717) is 46.2 Å². The molecule has 0 aromatic carbocycles. The molecular formula is C18H23ClN6O2. The van der Waals surface area contributed by atoms with Crippen LogP contribution in [0.1, 0.15) is 37.8 Å². The zero-order chi connectivity index (χ0) is 18.6. The first-order valence-electron chi connectivity index (χ1n) is 9.45. The maximum absolute atomic E-state index is 10.7. The number of aliphatic hydroxyl groups excluding tert-OH is 1. The minimum absolute atomic E-state index is 0.107. The number of nitrogens with one attached hydrogen (secondary N) is 3. The van der Waals surface area contributed by atoms with Crippen LogP contribution in [0.2, 0.25) is 5.15 Å². The number of H-pyrrole nitrogens is 1. The predicted octanol–water partition coefficient (Wildman–Crippen LogP) is 2.44. The molecule has 2 aromatic rings. The van der Waals surface area contributed by atoms with Gasteiger partial charge in [-0.25, -0.2) is 4.98 Å². The highest BCUT2D eigenvalue weighted by molar-refractivity contribution is 6.29. The Balaban J connectivity index is 1.34. The molecule has 2 heterocycles. The molecule has 0 saturated heterocycles. The third kappa shape index (κ3) is 3.26. The Kier molecular flexibility index (Phi) is 4.03. The van der Waals surface area contributed by atoms with Gasteiger partial charge in [-0.05, 0) is 49.9 Å². The van der Waals surface area contributed by atoms with Gasteiger partial charge in [-0.15, -0.1) is 0 Å². The normalized spacial score (nSPS) is 34.0. The second-order valence-corrected chi connectivity index (χ2v) is 8.71. The molecule has 4 aliphatic rings. The maximum atomic E-state index is 10.7. The number of aromatic nitrogens is 4. The lowest BCUT2D eigenvalue weighted by Crippen LogP contribution is -2.59. The fourth-order valence-corrected chi connectivity index (χ4v) is 5.73. The van der Waals surface area contributed by atoms with Crippen molar-refractivity contribution >= 4 is 29.2 Å². The van der Waals surface area contributed by atoms with E-state index in [-0.39, 0.29) is 12.6 Å². The summed E-state index contributed by atoms with van der Waals surface area (Å²) in [4.78, 5) is 8.87. The Morgan fingerprint density at radius 1 is 1.15 bits per heavy atom. The molecule has 8 nitrogen and oxygen atoms in total. The van der Waals surface area contributed by atoms with Gasteiger partial charge >= 0.3 is 0 Å². The Morgan fingerprint density at radius 2 is 1.93 bits per heavy atom. The first-order valence-corrected chi connectivity index (χ1v) is 9.83. The van der Waals surface area contributed by atoms with Crippen LogP contribution >= 0.6 is 11.6 Å². The van der Waals surface area contributed by atoms with Gasteiger partial charge in [-0.3, -0.25) is 5.10 Å². The van der Waals surface area contributed by atoms with E-state index in [1.54, 1.807) is 12.1 Å². The van der Waals surface area contributed by atoms with Crippen molar-refractivity contribution in [3.05, 3.63) is 23.0 Å². The smallest absolute Gasteiger partial charge is 0.226 e.